The van der Waals surface area contributed by atoms with Crippen molar-refractivity contribution >= 4 is 32.5 Å². The second-order valence-corrected chi connectivity index (χ2v) is 8.75. The third-order valence-electron chi connectivity index (χ3n) is 4.98. The number of carbonyl (C=O) groups is 1. The third-order valence-corrected chi connectivity index (χ3v) is 6.36. The highest BCUT2D eigenvalue weighted by Gasteiger charge is 2.31. The number of nitrogens with zero attached hydrogens (tertiary/aromatic N) is 1. The molecule has 0 fully saturated rings. The van der Waals surface area contributed by atoms with E-state index < -0.39 is 49.5 Å². The molecule has 0 bridgehead atoms. The van der Waals surface area contributed by atoms with Crippen LogP contribution < -0.4 is 9.46 Å². The number of alkyl halides is 3. The molecule has 0 aliphatic carbocycles. The van der Waals surface area contributed by atoms with Gasteiger partial charge in [-0.05, 0) is 42.5 Å². The van der Waals surface area contributed by atoms with Gasteiger partial charge in [0.1, 0.15) is 11.4 Å². The van der Waals surface area contributed by atoms with E-state index in [0.29, 0.717) is 28.9 Å². The number of benzene rings is 2. The number of hydrogen-bond acceptors (Lipinski definition) is 5. The normalized spacial score (nSPS) is 12.0. The zero-order valence-electron chi connectivity index (χ0n) is 17.3. The van der Waals surface area contributed by atoms with Gasteiger partial charge in [0.25, 0.3) is 10.0 Å². The summed E-state index contributed by atoms with van der Waals surface area (Å²) in [5.74, 6) is -1.58. The van der Waals surface area contributed by atoms with Gasteiger partial charge in [-0.15, -0.1) is 0 Å². The number of halogens is 4. The van der Waals surface area contributed by atoms with Crippen LogP contribution in [0.1, 0.15) is 21.5 Å². The standard InChI is InChI=1S/C22H15F4N3O4S/c1-33-17-9-10-27-21-18(17)15(11-28-21)20(30)14-3-2-4-16(19(14)23)29-34(31,32)13-7-5-12(6-8-13)22(24,25)26/h2-11,29H,1H3,(H,27,28). The first-order valence-electron chi connectivity index (χ1n) is 9.56. The van der Waals surface area contributed by atoms with Crippen molar-refractivity contribution in [3.05, 3.63) is 83.4 Å². The number of anilines is 1. The molecule has 0 amide bonds. The van der Waals surface area contributed by atoms with E-state index in [4.69, 9.17) is 4.74 Å². The molecule has 0 saturated carbocycles. The fourth-order valence-corrected chi connectivity index (χ4v) is 4.39. The Hall–Kier alpha value is -3.93. The number of ketones is 1. The van der Waals surface area contributed by atoms with E-state index in [-0.39, 0.29) is 5.56 Å². The van der Waals surface area contributed by atoms with Gasteiger partial charge in [-0.3, -0.25) is 9.52 Å². The molecule has 12 heteroatoms. The molecule has 0 spiro atoms. The second-order valence-electron chi connectivity index (χ2n) is 7.06. The first-order chi connectivity index (χ1) is 16.0. The number of nitrogens with one attached hydrogen (secondary N) is 2. The first-order valence-corrected chi connectivity index (χ1v) is 11.0. The highest BCUT2D eigenvalue weighted by Crippen LogP contribution is 2.32. The van der Waals surface area contributed by atoms with Crippen LogP contribution in [0.15, 0.2) is 65.8 Å². The Morgan fingerprint density at radius 2 is 1.76 bits per heavy atom. The maximum absolute atomic E-state index is 15.2. The molecule has 0 aliphatic rings. The largest absolute Gasteiger partial charge is 0.496 e. The van der Waals surface area contributed by atoms with Crippen LogP contribution in [0, 0.1) is 5.82 Å². The van der Waals surface area contributed by atoms with Crippen molar-refractivity contribution in [1.29, 1.82) is 0 Å². The van der Waals surface area contributed by atoms with Gasteiger partial charge < -0.3 is 9.72 Å². The zero-order chi connectivity index (χ0) is 24.7. The summed E-state index contributed by atoms with van der Waals surface area (Å²) >= 11 is 0. The average molecular weight is 493 g/mol. The van der Waals surface area contributed by atoms with E-state index in [9.17, 15) is 26.4 Å². The molecular weight excluding hydrogens is 478 g/mol. The average Bonchev–Trinajstić information content (AvgIpc) is 3.24. The van der Waals surface area contributed by atoms with E-state index in [2.05, 4.69) is 9.97 Å². The van der Waals surface area contributed by atoms with Gasteiger partial charge in [0.05, 0.1) is 39.8 Å². The molecule has 2 aromatic carbocycles. The van der Waals surface area contributed by atoms with E-state index >= 15 is 4.39 Å². The molecule has 0 unspecified atom stereocenters. The van der Waals surface area contributed by atoms with Gasteiger partial charge in [-0.1, -0.05) is 6.07 Å². The SMILES string of the molecule is COc1ccnc2[nH]cc(C(=O)c3cccc(NS(=O)(=O)c4ccc(C(F)(F)F)cc4)c3F)c12. The summed E-state index contributed by atoms with van der Waals surface area (Å²) in [5.41, 5.74) is -1.62. The molecule has 176 valence electrons. The van der Waals surface area contributed by atoms with Gasteiger partial charge in [0.15, 0.2) is 11.6 Å². The Balaban J connectivity index is 1.68. The molecule has 0 saturated heterocycles. The molecule has 34 heavy (non-hydrogen) atoms. The summed E-state index contributed by atoms with van der Waals surface area (Å²) in [7, 11) is -3.05. The number of sulfonamides is 1. The van der Waals surface area contributed by atoms with Crippen LogP contribution in [-0.4, -0.2) is 31.3 Å². The molecule has 7 nitrogen and oxygen atoms in total. The van der Waals surface area contributed by atoms with Crippen molar-refractivity contribution in [2.75, 3.05) is 11.8 Å². The number of pyridine rings is 1. The Kier molecular flexibility index (Phi) is 5.77. The number of carbonyl (C=O) groups excluding carboxylic acids is 1. The summed E-state index contributed by atoms with van der Waals surface area (Å²) in [6.45, 7) is 0. The summed E-state index contributed by atoms with van der Waals surface area (Å²) in [5, 5.41) is 0.324. The summed E-state index contributed by atoms with van der Waals surface area (Å²) < 4.78 is 85.9. The van der Waals surface area contributed by atoms with Gasteiger partial charge >= 0.3 is 6.18 Å². The van der Waals surface area contributed by atoms with E-state index in [1.807, 2.05) is 4.72 Å². The number of aromatic nitrogens is 2. The lowest BCUT2D eigenvalue weighted by Gasteiger charge is -2.12. The molecule has 2 N–H and O–H groups in total. The lowest BCUT2D eigenvalue weighted by molar-refractivity contribution is -0.137. The van der Waals surface area contributed by atoms with E-state index in [1.54, 1.807) is 0 Å². The fraction of sp³-hybridized carbons (Fsp3) is 0.0909. The maximum atomic E-state index is 15.2. The molecule has 4 aromatic rings. The van der Waals surface area contributed by atoms with Gasteiger partial charge in [-0.2, -0.15) is 13.2 Å². The summed E-state index contributed by atoms with van der Waals surface area (Å²) in [6.07, 6.45) is -1.85. The van der Waals surface area contributed by atoms with Crippen molar-refractivity contribution < 1.29 is 35.5 Å². The zero-order valence-corrected chi connectivity index (χ0v) is 18.1. The Morgan fingerprint density at radius 1 is 1.06 bits per heavy atom. The predicted octanol–water partition coefficient (Wildman–Crippen LogP) is 4.76. The van der Waals surface area contributed by atoms with Crippen LogP contribution in [0.2, 0.25) is 0 Å². The number of fused-ring (bicyclic) bond motifs is 1. The number of hydrogen-bond donors (Lipinski definition) is 2. The van der Waals surface area contributed by atoms with Crippen LogP contribution in [0.25, 0.3) is 11.0 Å². The minimum absolute atomic E-state index is 0.0570. The van der Waals surface area contributed by atoms with Crippen LogP contribution in [-0.2, 0) is 16.2 Å². The minimum atomic E-state index is -4.64. The van der Waals surface area contributed by atoms with Crippen LogP contribution in [0.5, 0.6) is 5.75 Å². The van der Waals surface area contributed by atoms with Crippen molar-refractivity contribution in [2.45, 2.75) is 11.1 Å². The molecule has 2 aromatic heterocycles. The van der Waals surface area contributed by atoms with Crippen LogP contribution >= 0.6 is 0 Å². The van der Waals surface area contributed by atoms with Crippen molar-refractivity contribution in [2.24, 2.45) is 0 Å². The first kappa shape index (κ1) is 23.2. The van der Waals surface area contributed by atoms with Crippen molar-refractivity contribution in [3.63, 3.8) is 0 Å². The highest BCUT2D eigenvalue weighted by molar-refractivity contribution is 7.92. The predicted molar refractivity (Wildman–Crippen MR) is 115 cm³/mol. The monoisotopic (exact) mass is 493 g/mol. The molecule has 2 heterocycles. The Morgan fingerprint density at radius 3 is 2.41 bits per heavy atom. The van der Waals surface area contributed by atoms with Gasteiger partial charge in [0.2, 0.25) is 0 Å². The molecule has 0 atom stereocenters. The summed E-state index contributed by atoms with van der Waals surface area (Å²) in [6, 6.07) is 7.77. The minimum Gasteiger partial charge on any atom is -0.496 e. The number of H-pyrrole nitrogens is 1. The van der Waals surface area contributed by atoms with E-state index in [1.165, 1.54) is 37.7 Å². The second kappa shape index (κ2) is 8.45. The topological polar surface area (TPSA) is 101 Å². The number of rotatable bonds is 6. The lowest BCUT2D eigenvalue weighted by atomic mass is 10.0. The smallest absolute Gasteiger partial charge is 0.416 e. The Labute approximate surface area is 190 Å². The quantitative estimate of drug-likeness (QED) is 0.298. The molecule has 4 rings (SSSR count). The lowest BCUT2D eigenvalue weighted by Crippen LogP contribution is -2.16. The fourth-order valence-electron chi connectivity index (χ4n) is 3.33. The maximum Gasteiger partial charge on any atom is 0.416 e. The van der Waals surface area contributed by atoms with E-state index in [0.717, 1.165) is 18.2 Å². The third kappa shape index (κ3) is 4.19. The molecular formula is C22H15F4N3O4S. The highest BCUT2D eigenvalue weighted by atomic mass is 32.2. The van der Waals surface area contributed by atoms with Gasteiger partial charge in [0, 0.05) is 12.4 Å². The number of methoxy groups -OCH3 is 1. The van der Waals surface area contributed by atoms with Crippen molar-refractivity contribution in [1.82, 2.24) is 9.97 Å². The van der Waals surface area contributed by atoms with Crippen LogP contribution in [0.3, 0.4) is 0 Å². The Bertz CT molecular complexity index is 1500. The van der Waals surface area contributed by atoms with Crippen LogP contribution in [0.4, 0.5) is 23.2 Å². The number of ether oxygens (including phenoxy) is 1. The molecule has 0 radical (unpaired) electrons. The molecule has 0 aliphatic heterocycles. The van der Waals surface area contributed by atoms with Crippen molar-refractivity contribution in [3.8, 4) is 5.75 Å². The number of aromatic amines is 1. The van der Waals surface area contributed by atoms with Gasteiger partial charge in [-0.25, -0.2) is 17.8 Å². The summed E-state index contributed by atoms with van der Waals surface area (Å²) in [4.78, 5) is 19.5.